The normalized spacial score (nSPS) is 12.9. The summed E-state index contributed by atoms with van der Waals surface area (Å²) < 4.78 is 33.1. The molecule has 2 rings (SSSR count). The third-order valence-corrected chi connectivity index (χ3v) is 5.44. The first-order chi connectivity index (χ1) is 10.7. The van der Waals surface area contributed by atoms with E-state index in [1.54, 1.807) is 25.3 Å². The van der Waals surface area contributed by atoms with Gasteiger partial charge in [-0.15, -0.1) is 0 Å². The number of methoxy groups -OCH3 is 1. The number of ether oxygens (including phenoxy) is 1. The quantitative estimate of drug-likeness (QED) is 0.908. The molecule has 0 aliphatic carbocycles. The van der Waals surface area contributed by atoms with Crippen molar-refractivity contribution >= 4 is 10.0 Å². The van der Waals surface area contributed by atoms with E-state index in [4.69, 9.17) is 4.74 Å². The minimum atomic E-state index is -3.59. The van der Waals surface area contributed by atoms with E-state index in [0.29, 0.717) is 5.75 Å². The van der Waals surface area contributed by atoms with Crippen molar-refractivity contribution in [3.8, 4) is 5.75 Å². The van der Waals surface area contributed by atoms with Gasteiger partial charge in [0, 0.05) is 6.04 Å². The Morgan fingerprint density at radius 1 is 1.00 bits per heavy atom. The van der Waals surface area contributed by atoms with Gasteiger partial charge < -0.3 is 4.74 Å². The Morgan fingerprint density at radius 2 is 1.70 bits per heavy atom. The van der Waals surface area contributed by atoms with Crippen molar-refractivity contribution in [2.75, 3.05) is 7.11 Å². The van der Waals surface area contributed by atoms with E-state index in [1.165, 1.54) is 0 Å². The molecule has 23 heavy (non-hydrogen) atoms. The van der Waals surface area contributed by atoms with E-state index in [1.807, 2.05) is 39.8 Å². The Morgan fingerprint density at radius 3 is 2.26 bits per heavy atom. The van der Waals surface area contributed by atoms with Gasteiger partial charge in [-0.2, -0.15) is 0 Å². The van der Waals surface area contributed by atoms with E-state index < -0.39 is 10.0 Å². The minimum absolute atomic E-state index is 0.243. The van der Waals surface area contributed by atoms with E-state index in [9.17, 15) is 8.42 Å². The van der Waals surface area contributed by atoms with Gasteiger partial charge in [-0.25, -0.2) is 13.1 Å². The third-order valence-electron chi connectivity index (χ3n) is 3.90. The lowest BCUT2D eigenvalue weighted by Crippen LogP contribution is -2.27. The van der Waals surface area contributed by atoms with Crippen molar-refractivity contribution in [2.45, 2.75) is 38.6 Å². The first kappa shape index (κ1) is 17.5. The van der Waals surface area contributed by atoms with Crippen LogP contribution in [0, 0.1) is 20.8 Å². The van der Waals surface area contributed by atoms with Gasteiger partial charge in [0.25, 0.3) is 0 Å². The van der Waals surface area contributed by atoms with Crippen LogP contribution in [0.5, 0.6) is 5.75 Å². The fourth-order valence-corrected chi connectivity index (χ4v) is 4.00. The van der Waals surface area contributed by atoms with Crippen LogP contribution in [0.2, 0.25) is 0 Å². The number of rotatable bonds is 5. The molecule has 1 N–H and O–H groups in total. The Kier molecular flexibility index (Phi) is 5.12. The van der Waals surface area contributed by atoms with Crippen LogP contribution in [-0.2, 0) is 10.0 Å². The molecule has 124 valence electrons. The van der Waals surface area contributed by atoms with Crippen LogP contribution >= 0.6 is 0 Å². The maximum absolute atomic E-state index is 12.6. The highest BCUT2D eigenvalue weighted by Crippen LogP contribution is 2.24. The summed E-state index contributed by atoms with van der Waals surface area (Å²) in [7, 11) is -2.02. The zero-order chi connectivity index (χ0) is 17.2. The minimum Gasteiger partial charge on any atom is -0.496 e. The van der Waals surface area contributed by atoms with E-state index in [-0.39, 0.29) is 10.9 Å². The predicted molar refractivity (Wildman–Crippen MR) is 92.4 cm³/mol. The molecule has 0 amide bonds. The lowest BCUT2D eigenvalue weighted by Gasteiger charge is -2.18. The molecule has 0 saturated carbocycles. The second kappa shape index (κ2) is 6.72. The summed E-state index contributed by atoms with van der Waals surface area (Å²) in [4.78, 5) is 0.243. The Bertz CT molecular complexity index is 813. The van der Waals surface area contributed by atoms with Crippen molar-refractivity contribution in [1.29, 1.82) is 0 Å². The molecule has 2 aromatic carbocycles. The highest BCUT2D eigenvalue weighted by molar-refractivity contribution is 7.89. The largest absolute Gasteiger partial charge is 0.496 e. The summed E-state index contributed by atoms with van der Waals surface area (Å²) in [6, 6.07) is 10.6. The van der Waals surface area contributed by atoms with E-state index in [2.05, 4.69) is 10.8 Å². The van der Waals surface area contributed by atoms with Crippen molar-refractivity contribution in [3.63, 3.8) is 0 Å². The number of sulfonamides is 1. The summed E-state index contributed by atoms with van der Waals surface area (Å²) in [5.74, 6) is 0.673. The first-order valence-corrected chi connectivity index (χ1v) is 8.97. The molecule has 0 bridgehead atoms. The van der Waals surface area contributed by atoms with Crippen LogP contribution in [-0.4, -0.2) is 15.5 Å². The number of nitrogens with one attached hydrogen (secondary N) is 1. The standard InChI is InChI=1S/C18H23NO3S/c1-12-6-8-17(13(2)10-12)15(4)19-23(20,21)16-7-9-18(22-5)14(3)11-16/h6-11,15,19H,1-5H3/t15-/m0/s1. The first-order valence-electron chi connectivity index (χ1n) is 7.48. The van der Waals surface area contributed by atoms with Crippen molar-refractivity contribution in [3.05, 3.63) is 58.7 Å². The van der Waals surface area contributed by atoms with Crippen LogP contribution in [0.4, 0.5) is 0 Å². The maximum Gasteiger partial charge on any atom is 0.241 e. The summed E-state index contributed by atoms with van der Waals surface area (Å²) in [5, 5.41) is 0. The van der Waals surface area contributed by atoms with Crippen molar-refractivity contribution < 1.29 is 13.2 Å². The molecular weight excluding hydrogens is 310 g/mol. The Hall–Kier alpha value is -1.85. The van der Waals surface area contributed by atoms with Gasteiger partial charge in [0.15, 0.2) is 0 Å². The molecule has 0 unspecified atom stereocenters. The van der Waals surface area contributed by atoms with Gasteiger partial charge in [-0.05, 0) is 62.6 Å². The van der Waals surface area contributed by atoms with Gasteiger partial charge in [0.05, 0.1) is 12.0 Å². The lowest BCUT2D eigenvalue weighted by molar-refractivity contribution is 0.411. The van der Waals surface area contributed by atoms with Gasteiger partial charge >= 0.3 is 0 Å². The Labute approximate surface area is 138 Å². The summed E-state index contributed by atoms with van der Waals surface area (Å²) in [6.45, 7) is 7.69. The fourth-order valence-electron chi connectivity index (χ4n) is 2.69. The molecule has 0 aliphatic heterocycles. The van der Waals surface area contributed by atoms with Gasteiger partial charge in [0.1, 0.15) is 5.75 Å². The number of hydrogen-bond donors (Lipinski definition) is 1. The topological polar surface area (TPSA) is 55.4 Å². The zero-order valence-corrected chi connectivity index (χ0v) is 15.0. The highest BCUT2D eigenvalue weighted by Gasteiger charge is 2.20. The average molecular weight is 333 g/mol. The number of benzene rings is 2. The van der Waals surface area contributed by atoms with Crippen LogP contribution in [0.3, 0.4) is 0 Å². The molecule has 0 radical (unpaired) electrons. The molecule has 0 aromatic heterocycles. The molecule has 0 spiro atoms. The lowest BCUT2D eigenvalue weighted by atomic mass is 10.0. The van der Waals surface area contributed by atoms with Crippen LogP contribution in [0.1, 0.15) is 35.2 Å². The maximum atomic E-state index is 12.6. The van der Waals surface area contributed by atoms with Crippen molar-refractivity contribution in [1.82, 2.24) is 4.72 Å². The number of aryl methyl sites for hydroxylation is 3. The molecule has 5 heteroatoms. The summed E-state index contributed by atoms with van der Waals surface area (Å²) in [6.07, 6.45) is 0. The van der Waals surface area contributed by atoms with Gasteiger partial charge in [0.2, 0.25) is 10.0 Å². The van der Waals surface area contributed by atoms with Gasteiger partial charge in [-0.1, -0.05) is 23.8 Å². The monoisotopic (exact) mass is 333 g/mol. The SMILES string of the molecule is COc1ccc(S(=O)(=O)N[C@@H](C)c2ccc(C)cc2C)cc1C. The molecule has 0 aliphatic rings. The molecular formula is C18H23NO3S. The predicted octanol–water partition coefficient (Wildman–Crippen LogP) is 3.66. The molecule has 0 heterocycles. The Balaban J connectivity index is 2.28. The van der Waals surface area contributed by atoms with E-state index >= 15 is 0 Å². The van der Waals surface area contributed by atoms with Gasteiger partial charge in [-0.3, -0.25) is 0 Å². The summed E-state index contributed by atoms with van der Waals surface area (Å²) in [5.41, 5.74) is 4.00. The van der Waals surface area contributed by atoms with E-state index in [0.717, 1.165) is 22.3 Å². The van der Waals surface area contributed by atoms with Crippen LogP contribution < -0.4 is 9.46 Å². The van der Waals surface area contributed by atoms with Crippen LogP contribution in [0.15, 0.2) is 41.3 Å². The summed E-state index contributed by atoms with van der Waals surface area (Å²) >= 11 is 0. The smallest absolute Gasteiger partial charge is 0.241 e. The average Bonchev–Trinajstić information content (AvgIpc) is 2.46. The second-order valence-electron chi connectivity index (χ2n) is 5.83. The molecule has 0 saturated heterocycles. The third kappa shape index (κ3) is 3.92. The molecule has 2 aromatic rings. The zero-order valence-electron chi connectivity index (χ0n) is 14.2. The molecule has 0 fully saturated rings. The fraction of sp³-hybridized carbons (Fsp3) is 0.333. The van der Waals surface area contributed by atoms with Crippen LogP contribution in [0.25, 0.3) is 0 Å². The highest BCUT2D eigenvalue weighted by atomic mass is 32.2. The van der Waals surface area contributed by atoms with Crippen molar-refractivity contribution in [2.24, 2.45) is 0 Å². The molecule has 1 atom stereocenters. The molecule has 4 nitrogen and oxygen atoms in total. The number of hydrogen-bond acceptors (Lipinski definition) is 3. The second-order valence-corrected chi connectivity index (χ2v) is 7.55.